The molecular weight excluding hydrogens is 637 g/mol. The molecule has 7 aromatic carbocycles. The molecule has 0 aliphatic heterocycles. The molecule has 0 saturated heterocycles. The van der Waals surface area contributed by atoms with Gasteiger partial charge in [-0.3, -0.25) is 4.57 Å². The molecule has 0 bridgehead atoms. The molecule has 6 heteroatoms. The van der Waals surface area contributed by atoms with E-state index in [4.69, 9.17) is 5.73 Å². The highest BCUT2D eigenvalue weighted by atomic mass is 15.1. The van der Waals surface area contributed by atoms with E-state index in [1.54, 1.807) is 0 Å². The van der Waals surface area contributed by atoms with E-state index < -0.39 is 0 Å². The van der Waals surface area contributed by atoms with Gasteiger partial charge in [0, 0.05) is 44.0 Å². The maximum Gasteiger partial charge on any atom is 0.161 e. The Morgan fingerprint density at radius 1 is 0.500 bits per heavy atom. The lowest BCUT2D eigenvalue weighted by Crippen LogP contribution is -2.05. The average molecular weight is 671 g/mol. The Balaban J connectivity index is 1.29. The van der Waals surface area contributed by atoms with Crippen molar-refractivity contribution >= 4 is 78.4 Å². The smallest absolute Gasteiger partial charge is 0.161 e. The Morgan fingerprint density at radius 2 is 1.04 bits per heavy atom. The number of nitrogens with zero attached hydrogens (tertiary/aromatic N) is 4. The fourth-order valence-corrected chi connectivity index (χ4v) is 8.08. The number of aliphatic imine (C=N–C) groups is 1. The quantitative estimate of drug-likeness (QED) is 0.166. The van der Waals surface area contributed by atoms with Crippen LogP contribution in [0.15, 0.2) is 169 Å². The summed E-state index contributed by atoms with van der Waals surface area (Å²) >= 11 is 0. The van der Waals surface area contributed by atoms with Gasteiger partial charge in [0.15, 0.2) is 5.82 Å². The van der Waals surface area contributed by atoms with Crippen molar-refractivity contribution in [3.63, 3.8) is 0 Å². The summed E-state index contributed by atoms with van der Waals surface area (Å²) in [6, 6.07) is 57.9. The van der Waals surface area contributed by atoms with Crippen molar-refractivity contribution in [1.82, 2.24) is 13.7 Å². The molecule has 0 atom stereocenters. The van der Waals surface area contributed by atoms with Crippen molar-refractivity contribution < 1.29 is 0 Å². The molecule has 0 aliphatic carbocycles. The first-order valence-electron chi connectivity index (χ1n) is 17.5. The summed E-state index contributed by atoms with van der Waals surface area (Å²) in [5.74, 6) is 0.757. The summed E-state index contributed by atoms with van der Waals surface area (Å²) in [4.78, 5) is 4.68. The molecule has 3 aromatic heterocycles. The first kappa shape index (κ1) is 30.0. The van der Waals surface area contributed by atoms with E-state index in [2.05, 4.69) is 170 Å². The predicted molar refractivity (Wildman–Crippen MR) is 219 cm³/mol. The van der Waals surface area contributed by atoms with Crippen LogP contribution in [0.3, 0.4) is 0 Å². The standard InChI is InChI=1S/C46H34N6/c1-48-46-43(49-32-13-5-2-6-14-32)37-24-23-36-39-28-31(30-21-25-41-38(27-30)35-19-11-12-20-40(35)50(41)29-47)22-26-42(39)51(33-15-7-3-8-16-33)44(36)45(37)52(46)34-17-9-4-10-18-34/h2-28,49H,1,29,47H2. The van der Waals surface area contributed by atoms with E-state index in [-0.39, 0.29) is 0 Å². The van der Waals surface area contributed by atoms with Crippen LogP contribution in [-0.4, -0.2) is 20.4 Å². The number of hydrogen-bond donors (Lipinski definition) is 2. The van der Waals surface area contributed by atoms with Crippen LogP contribution >= 0.6 is 0 Å². The highest BCUT2D eigenvalue weighted by Gasteiger charge is 2.25. The summed E-state index contributed by atoms with van der Waals surface area (Å²) in [6.45, 7) is 4.51. The number of nitrogens with one attached hydrogen (secondary N) is 1. The molecule has 0 radical (unpaired) electrons. The van der Waals surface area contributed by atoms with E-state index in [0.29, 0.717) is 6.67 Å². The van der Waals surface area contributed by atoms with Gasteiger partial charge in [0.1, 0.15) is 0 Å². The van der Waals surface area contributed by atoms with E-state index >= 15 is 0 Å². The first-order valence-corrected chi connectivity index (χ1v) is 17.5. The summed E-state index contributed by atoms with van der Waals surface area (Å²) in [5.41, 5.74) is 18.1. The van der Waals surface area contributed by atoms with Gasteiger partial charge in [-0.1, -0.05) is 91.0 Å². The van der Waals surface area contributed by atoms with Crippen molar-refractivity contribution in [3.8, 4) is 22.5 Å². The Hall–Kier alpha value is -6.89. The lowest BCUT2D eigenvalue weighted by Gasteiger charge is -2.12. The number of nitrogens with two attached hydrogens (primary N) is 1. The van der Waals surface area contributed by atoms with Crippen LogP contribution in [0.25, 0.3) is 77.0 Å². The molecule has 3 N–H and O–H groups in total. The lowest BCUT2D eigenvalue weighted by molar-refractivity contribution is 0.791. The zero-order chi connectivity index (χ0) is 34.8. The number of anilines is 2. The van der Waals surface area contributed by atoms with E-state index in [1.807, 2.05) is 24.3 Å². The Bertz CT molecular complexity index is 2970. The number of para-hydroxylation sites is 4. The van der Waals surface area contributed by atoms with Crippen molar-refractivity contribution in [2.45, 2.75) is 6.67 Å². The van der Waals surface area contributed by atoms with Gasteiger partial charge in [-0.25, -0.2) is 4.99 Å². The lowest BCUT2D eigenvalue weighted by atomic mass is 10.0. The zero-order valence-corrected chi connectivity index (χ0v) is 28.4. The van der Waals surface area contributed by atoms with Gasteiger partial charge in [-0.2, -0.15) is 0 Å². The van der Waals surface area contributed by atoms with Gasteiger partial charge in [-0.05, 0) is 90.6 Å². The van der Waals surface area contributed by atoms with Crippen LogP contribution in [0.4, 0.5) is 17.2 Å². The van der Waals surface area contributed by atoms with Crippen LogP contribution in [0.5, 0.6) is 0 Å². The topological polar surface area (TPSA) is 65.2 Å². The van der Waals surface area contributed by atoms with Crippen LogP contribution < -0.4 is 11.1 Å². The molecule has 10 aromatic rings. The molecular formula is C46H34N6. The number of rotatable bonds is 7. The monoisotopic (exact) mass is 670 g/mol. The Kier molecular flexibility index (Phi) is 6.84. The van der Waals surface area contributed by atoms with Crippen LogP contribution in [0.1, 0.15) is 0 Å². The van der Waals surface area contributed by atoms with E-state index in [9.17, 15) is 0 Å². The summed E-state index contributed by atoms with van der Waals surface area (Å²) in [7, 11) is 0. The molecule has 10 rings (SSSR count). The summed E-state index contributed by atoms with van der Waals surface area (Å²) in [5, 5.41) is 9.51. The molecule has 3 heterocycles. The maximum atomic E-state index is 6.23. The average Bonchev–Trinajstić information content (AvgIpc) is 3.83. The molecule has 0 unspecified atom stereocenters. The minimum absolute atomic E-state index is 0.430. The predicted octanol–water partition coefficient (Wildman–Crippen LogP) is 11.5. The van der Waals surface area contributed by atoms with E-state index in [0.717, 1.165) is 78.1 Å². The highest BCUT2D eigenvalue weighted by molar-refractivity contribution is 6.22. The summed E-state index contributed by atoms with van der Waals surface area (Å²) < 4.78 is 6.83. The second kappa shape index (κ2) is 11.9. The molecule has 0 aliphatic rings. The fourth-order valence-electron chi connectivity index (χ4n) is 8.08. The summed E-state index contributed by atoms with van der Waals surface area (Å²) in [6.07, 6.45) is 0. The van der Waals surface area contributed by atoms with Gasteiger partial charge in [0.05, 0.1) is 39.9 Å². The van der Waals surface area contributed by atoms with Crippen LogP contribution in [-0.2, 0) is 6.67 Å². The van der Waals surface area contributed by atoms with Gasteiger partial charge in [0.2, 0.25) is 0 Å². The van der Waals surface area contributed by atoms with Crippen molar-refractivity contribution in [1.29, 1.82) is 0 Å². The third-order valence-corrected chi connectivity index (χ3v) is 10.3. The van der Waals surface area contributed by atoms with Gasteiger partial charge in [-0.15, -0.1) is 0 Å². The Labute approximate surface area is 300 Å². The fraction of sp³-hybridized carbons (Fsp3) is 0.0217. The molecule has 52 heavy (non-hydrogen) atoms. The largest absolute Gasteiger partial charge is 0.352 e. The van der Waals surface area contributed by atoms with Crippen molar-refractivity contribution in [3.05, 3.63) is 164 Å². The minimum Gasteiger partial charge on any atom is -0.352 e. The van der Waals surface area contributed by atoms with Gasteiger partial charge >= 0.3 is 0 Å². The molecule has 248 valence electrons. The minimum atomic E-state index is 0.430. The number of fused-ring (bicyclic) bond motifs is 8. The van der Waals surface area contributed by atoms with Crippen molar-refractivity contribution in [2.24, 2.45) is 10.7 Å². The third kappa shape index (κ3) is 4.45. The van der Waals surface area contributed by atoms with Gasteiger partial charge in [0.25, 0.3) is 0 Å². The molecule has 0 saturated carbocycles. The molecule has 0 amide bonds. The SMILES string of the molecule is C=Nc1c(Nc2ccccc2)c2ccc3c4cc(-c5ccc6c(c5)c5ccccc5n6CN)ccc4n(-c4ccccc4)c3c2n1-c1ccccc1. The number of aromatic nitrogens is 3. The Morgan fingerprint density at radius 3 is 1.71 bits per heavy atom. The third-order valence-electron chi connectivity index (χ3n) is 10.3. The first-order chi connectivity index (χ1) is 25.7. The normalized spacial score (nSPS) is 11.7. The number of hydrogen-bond acceptors (Lipinski definition) is 3. The van der Waals surface area contributed by atoms with Crippen molar-refractivity contribution in [2.75, 3.05) is 5.32 Å². The van der Waals surface area contributed by atoms with Gasteiger partial charge < -0.3 is 20.2 Å². The van der Waals surface area contributed by atoms with Crippen LogP contribution in [0, 0.1) is 0 Å². The second-order valence-corrected chi connectivity index (χ2v) is 13.1. The highest BCUT2D eigenvalue weighted by Crippen LogP contribution is 2.47. The molecule has 0 spiro atoms. The molecule has 6 nitrogen and oxygen atoms in total. The molecule has 0 fully saturated rings. The van der Waals surface area contributed by atoms with Crippen LogP contribution in [0.2, 0.25) is 0 Å². The zero-order valence-electron chi connectivity index (χ0n) is 28.4. The maximum absolute atomic E-state index is 6.23. The number of benzene rings is 7. The van der Waals surface area contributed by atoms with E-state index in [1.165, 1.54) is 16.2 Å². The second-order valence-electron chi connectivity index (χ2n) is 13.1.